The second-order valence-corrected chi connectivity index (χ2v) is 13.3. The van der Waals surface area contributed by atoms with Crippen LogP contribution in [0.3, 0.4) is 0 Å². The molecule has 0 heterocycles. The lowest BCUT2D eigenvalue weighted by molar-refractivity contribution is 0.0307. The van der Waals surface area contributed by atoms with Gasteiger partial charge in [0.25, 0.3) is 0 Å². The Hall–Kier alpha value is -1.13. The zero-order valence-electron chi connectivity index (χ0n) is 15.8. The van der Waals surface area contributed by atoms with Crippen LogP contribution in [0.1, 0.15) is 56.8 Å². The molecule has 0 amide bonds. The number of hydrogen-bond donors (Lipinski definition) is 0. The highest BCUT2D eigenvalue weighted by atomic mass is 28.4. The fourth-order valence-electron chi connectivity index (χ4n) is 2.89. The quantitative estimate of drug-likeness (QED) is 0.508. The molecule has 1 fully saturated rings. The summed E-state index contributed by atoms with van der Waals surface area (Å²) < 4.78 is 11.9. The minimum Gasteiger partial charge on any atom is -0.459 e. The van der Waals surface area contributed by atoms with Crippen molar-refractivity contribution in [3.63, 3.8) is 0 Å². The number of carbonyl (C=O) groups excluding carboxylic acids is 1. The Balaban J connectivity index is 1.73. The monoisotopic (exact) mass is 348 g/mol. The molecule has 0 radical (unpaired) electrons. The molecule has 1 aliphatic rings. The van der Waals surface area contributed by atoms with Gasteiger partial charge in [0.05, 0.1) is 5.56 Å². The first-order valence-corrected chi connectivity index (χ1v) is 12.0. The second-order valence-electron chi connectivity index (χ2n) is 8.47. The Kier molecular flexibility index (Phi) is 6.26. The molecule has 2 atom stereocenters. The summed E-state index contributed by atoms with van der Waals surface area (Å²) in [7, 11) is -1.65. The molecule has 3 nitrogen and oxygen atoms in total. The van der Waals surface area contributed by atoms with Gasteiger partial charge < -0.3 is 9.16 Å². The third-order valence-electron chi connectivity index (χ3n) is 5.57. The summed E-state index contributed by atoms with van der Waals surface area (Å²) in [6, 6.07) is 9.26. The van der Waals surface area contributed by atoms with Crippen LogP contribution >= 0.6 is 0 Å². The topological polar surface area (TPSA) is 35.5 Å². The van der Waals surface area contributed by atoms with E-state index in [0.717, 1.165) is 32.3 Å². The number of esters is 1. The predicted molar refractivity (Wildman–Crippen MR) is 101 cm³/mol. The van der Waals surface area contributed by atoms with Crippen molar-refractivity contribution in [3.8, 4) is 0 Å². The van der Waals surface area contributed by atoms with Gasteiger partial charge in [-0.3, -0.25) is 0 Å². The molecule has 24 heavy (non-hydrogen) atoms. The van der Waals surface area contributed by atoms with E-state index in [-0.39, 0.29) is 17.1 Å². The van der Waals surface area contributed by atoms with Gasteiger partial charge in [0.2, 0.25) is 0 Å². The number of benzene rings is 1. The molecule has 1 aliphatic carbocycles. The van der Waals surface area contributed by atoms with Crippen molar-refractivity contribution in [3.05, 3.63) is 35.9 Å². The normalized spacial score (nSPS) is 21.7. The van der Waals surface area contributed by atoms with E-state index in [0.29, 0.717) is 11.5 Å². The fourth-order valence-corrected chi connectivity index (χ4v) is 3.95. The summed E-state index contributed by atoms with van der Waals surface area (Å²) in [4.78, 5) is 12.1. The van der Waals surface area contributed by atoms with Gasteiger partial charge in [0.1, 0.15) is 6.10 Å². The smallest absolute Gasteiger partial charge is 0.338 e. The van der Waals surface area contributed by atoms with Gasteiger partial charge >= 0.3 is 5.97 Å². The molecule has 0 bridgehead atoms. The van der Waals surface area contributed by atoms with Gasteiger partial charge in [-0.25, -0.2) is 4.79 Å². The molecule has 0 unspecified atom stereocenters. The van der Waals surface area contributed by atoms with E-state index in [4.69, 9.17) is 9.16 Å². The molecule has 0 saturated heterocycles. The van der Waals surface area contributed by atoms with E-state index in [1.165, 1.54) is 0 Å². The minimum atomic E-state index is -1.65. The van der Waals surface area contributed by atoms with E-state index < -0.39 is 8.32 Å². The first-order valence-electron chi connectivity index (χ1n) is 9.09. The zero-order chi connectivity index (χ0) is 17.8. The van der Waals surface area contributed by atoms with Crippen LogP contribution in [0.25, 0.3) is 0 Å². The van der Waals surface area contributed by atoms with Crippen LogP contribution in [-0.4, -0.2) is 27.0 Å². The number of rotatable bonds is 6. The number of carbonyl (C=O) groups is 1. The van der Waals surface area contributed by atoms with Gasteiger partial charge in [-0.15, -0.1) is 0 Å². The molecule has 0 spiro atoms. The van der Waals surface area contributed by atoms with Crippen LogP contribution < -0.4 is 0 Å². The average molecular weight is 349 g/mol. The van der Waals surface area contributed by atoms with E-state index >= 15 is 0 Å². The van der Waals surface area contributed by atoms with Crippen molar-refractivity contribution in [1.82, 2.24) is 0 Å². The standard InChI is InChI=1S/C20H32O3Si/c1-20(2,3)24(4,5)22-14-13-16-11-12-18(15-16)23-19(21)17-9-7-6-8-10-17/h6-10,16,18H,11-15H2,1-5H3/t16-,18-/m1/s1. The average Bonchev–Trinajstić information content (AvgIpc) is 2.94. The molecule has 1 aromatic carbocycles. The minimum absolute atomic E-state index is 0.0653. The van der Waals surface area contributed by atoms with Crippen molar-refractivity contribution in [1.29, 1.82) is 0 Å². The van der Waals surface area contributed by atoms with Gasteiger partial charge in [0.15, 0.2) is 8.32 Å². The van der Waals surface area contributed by atoms with Crippen LogP contribution in [0.2, 0.25) is 18.1 Å². The molecule has 4 heteroatoms. The SMILES string of the molecule is CC(C)(C)[Si](C)(C)OCC[C@H]1CC[C@@H](OC(=O)c2ccccc2)C1. The first kappa shape index (κ1) is 19.2. The van der Waals surface area contributed by atoms with Crippen molar-refractivity contribution in [2.24, 2.45) is 5.92 Å². The Morgan fingerprint density at radius 2 is 1.83 bits per heavy atom. The second kappa shape index (κ2) is 7.83. The van der Waals surface area contributed by atoms with E-state index in [2.05, 4.69) is 33.9 Å². The van der Waals surface area contributed by atoms with E-state index in [1.807, 2.05) is 30.3 Å². The van der Waals surface area contributed by atoms with Crippen LogP contribution in [0.5, 0.6) is 0 Å². The Bertz CT molecular complexity index is 534. The summed E-state index contributed by atoms with van der Waals surface area (Å²) in [6.45, 7) is 12.2. The molecule has 0 N–H and O–H groups in total. The maximum absolute atomic E-state index is 12.1. The lowest BCUT2D eigenvalue weighted by Crippen LogP contribution is -2.41. The van der Waals surface area contributed by atoms with Crippen LogP contribution in [0, 0.1) is 5.92 Å². The summed E-state index contributed by atoms with van der Waals surface area (Å²) >= 11 is 0. The van der Waals surface area contributed by atoms with Crippen molar-refractivity contribution in [2.75, 3.05) is 6.61 Å². The van der Waals surface area contributed by atoms with Gasteiger partial charge in [-0.05, 0) is 61.9 Å². The van der Waals surface area contributed by atoms with Gasteiger partial charge in [-0.1, -0.05) is 39.0 Å². The summed E-state index contributed by atoms with van der Waals surface area (Å²) in [5.74, 6) is 0.419. The molecule has 0 aromatic heterocycles. The lowest BCUT2D eigenvalue weighted by atomic mass is 10.1. The highest BCUT2D eigenvalue weighted by Gasteiger charge is 2.37. The summed E-state index contributed by atoms with van der Waals surface area (Å²) in [5, 5.41) is 0.260. The van der Waals surface area contributed by atoms with Crippen molar-refractivity contribution in [2.45, 2.75) is 70.7 Å². The van der Waals surface area contributed by atoms with Crippen molar-refractivity contribution >= 4 is 14.3 Å². The Labute approximate surface area is 147 Å². The van der Waals surface area contributed by atoms with E-state index in [9.17, 15) is 4.79 Å². The molecule has 2 rings (SSSR count). The van der Waals surface area contributed by atoms with Crippen LogP contribution in [-0.2, 0) is 9.16 Å². The first-order chi connectivity index (χ1) is 11.2. The van der Waals surface area contributed by atoms with Crippen molar-refractivity contribution < 1.29 is 14.0 Å². The molecule has 134 valence electrons. The third-order valence-corrected chi connectivity index (χ3v) is 10.1. The number of hydrogen-bond acceptors (Lipinski definition) is 3. The summed E-state index contributed by atoms with van der Waals surface area (Å²) in [6.07, 6.45) is 4.22. The summed E-state index contributed by atoms with van der Waals surface area (Å²) in [5.41, 5.74) is 0.641. The maximum Gasteiger partial charge on any atom is 0.338 e. The van der Waals surface area contributed by atoms with Crippen LogP contribution in [0.4, 0.5) is 0 Å². The lowest BCUT2D eigenvalue weighted by Gasteiger charge is -2.36. The predicted octanol–water partition coefficient (Wildman–Crippen LogP) is 5.42. The van der Waals surface area contributed by atoms with Gasteiger partial charge in [0, 0.05) is 6.61 Å². The molecular formula is C20H32O3Si. The number of ether oxygens (including phenoxy) is 1. The van der Waals surface area contributed by atoms with Crippen LogP contribution in [0.15, 0.2) is 30.3 Å². The highest BCUT2D eigenvalue weighted by Crippen LogP contribution is 2.37. The van der Waals surface area contributed by atoms with E-state index in [1.54, 1.807) is 0 Å². The zero-order valence-corrected chi connectivity index (χ0v) is 16.8. The molecule has 0 aliphatic heterocycles. The molecular weight excluding hydrogens is 316 g/mol. The molecule has 1 saturated carbocycles. The largest absolute Gasteiger partial charge is 0.459 e. The van der Waals surface area contributed by atoms with Gasteiger partial charge in [-0.2, -0.15) is 0 Å². The Morgan fingerprint density at radius 1 is 1.17 bits per heavy atom. The Morgan fingerprint density at radius 3 is 2.46 bits per heavy atom. The maximum atomic E-state index is 12.1. The fraction of sp³-hybridized carbons (Fsp3) is 0.650. The highest BCUT2D eigenvalue weighted by molar-refractivity contribution is 6.74. The third kappa shape index (κ3) is 5.18. The molecule has 1 aromatic rings.